The zero-order valence-corrected chi connectivity index (χ0v) is 19.6. The number of hydrogen-bond donors (Lipinski definition) is 3. The molecule has 3 aliphatic rings. The van der Waals surface area contributed by atoms with Crippen LogP contribution in [-0.2, 0) is 42.6 Å². The minimum Gasteiger partial charge on any atom is -0.377 e. The number of hydrogen-bond acceptors (Lipinski definition) is 12. The molecule has 0 bridgehead atoms. The van der Waals surface area contributed by atoms with E-state index in [0.29, 0.717) is 39.6 Å². The van der Waals surface area contributed by atoms with Crippen molar-refractivity contribution in [3.8, 4) is 0 Å². The van der Waals surface area contributed by atoms with E-state index in [1.54, 1.807) is 0 Å². The van der Waals surface area contributed by atoms with E-state index in [4.69, 9.17) is 59.8 Å². The van der Waals surface area contributed by atoms with Crippen LogP contribution < -0.4 is 17.2 Å². The predicted molar refractivity (Wildman–Crippen MR) is 116 cm³/mol. The quantitative estimate of drug-likeness (QED) is 0.122. The van der Waals surface area contributed by atoms with Gasteiger partial charge in [-0.05, 0) is 6.42 Å². The molecule has 12 nitrogen and oxygen atoms in total. The lowest BCUT2D eigenvalue weighted by Crippen LogP contribution is -2.42. The maximum Gasteiger partial charge on any atom is 0.129 e. The van der Waals surface area contributed by atoms with Gasteiger partial charge in [0, 0.05) is 5.41 Å². The molecule has 3 rings (SSSR count). The van der Waals surface area contributed by atoms with Gasteiger partial charge in [0.05, 0.1) is 79.3 Å². The normalized spacial score (nSPS) is 28.2. The van der Waals surface area contributed by atoms with Crippen LogP contribution in [0.4, 0.5) is 0 Å². The second-order valence-corrected chi connectivity index (χ2v) is 8.88. The van der Waals surface area contributed by atoms with Crippen LogP contribution in [0.2, 0.25) is 0 Å². The molecular formula is C21H41N3O9. The Hall–Kier alpha value is -0.480. The van der Waals surface area contributed by atoms with Gasteiger partial charge in [0.1, 0.15) is 37.0 Å². The van der Waals surface area contributed by atoms with Crippen LogP contribution in [0.3, 0.4) is 0 Å². The van der Waals surface area contributed by atoms with Gasteiger partial charge in [0.2, 0.25) is 0 Å². The zero-order chi connectivity index (χ0) is 23.5. The third kappa shape index (κ3) is 12.2. The Labute approximate surface area is 195 Å². The number of rotatable bonds is 22. The maximum absolute atomic E-state index is 5.97. The van der Waals surface area contributed by atoms with Crippen LogP contribution in [0.5, 0.6) is 0 Å². The summed E-state index contributed by atoms with van der Waals surface area (Å²) in [4.78, 5) is 0. The first-order chi connectivity index (χ1) is 16.0. The zero-order valence-electron chi connectivity index (χ0n) is 19.6. The molecule has 0 aliphatic carbocycles. The van der Waals surface area contributed by atoms with Gasteiger partial charge in [-0.3, -0.25) is 0 Å². The molecular weight excluding hydrogens is 438 g/mol. The fourth-order valence-electron chi connectivity index (χ4n) is 2.94. The summed E-state index contributed by atoms with van der Waals surface area (Å²) in [6, 6.07) is 0. The molecule has 0 aromatic carbocycles. The highest BCUT2D eigenvalue weighted by Gasteiger charge is 2.32. The van der Waals surface area contributed by atoms with Crippen molar-refractivity contribution >= 4 is 0 Å². The van der Waals surface area contributed by atoms with E-state index < -0.39 is 24.1 Å². The monoisotopic (exact) mass is 479 g/mol. The Balaban J connectivity index is 1.38. The summed E-state index contributed by atoms with van der Waals surface area (Å²) in [7, 11) is 0. The Morgan fingerprint density at radius 2 is 0.970 bits per heavy atom. The SMILES string of the molecule is CCC(COCC(N)OCC1CO1)(COCC(N)OCC1CO1)COCC(N)OCC1CO1. The molecule has 3 fully saturated rings. The molecule has 3 saturated heterocycles. The Morgan fingerprint density at radius 3 is 1.21 bits per heavy atom. The van der Waals surface area contributed by atoms with Gasteiger partial charge in [-0.1, -0.05) is 6.92 Å². The molecule has 0 aromatic heterocycles. The summed E-state index contributed by atoms with van der Waals surface area (Å²) in [6.07, 6.45) is -0.359. The molecule has 6 atom stereocenters. The van der Waals surface area contributed by atoms with E-state index in [1.165, 1.54) is 0 Å². The molecule has 0 spiro atoms. The van der Waals surface area contributed by atoms with Crippen molar-refractivity contribution in [3.63, 3.8) is 0 Å². The molecule has 3 heterocycles. The van der Waals surface area contributed by atoms with Crippen molar-refractivity contribution < 1.29 is 42.6 Å². The van der Waals surface area contributed by atoms with Crippen LogP contribution in [0, 0.1) is 5.41 Å². The van der Waals surface area contributed by atoms with Gasteiger partial charge >= 0.3 is 0 Å². The van der Waals surface area contributed by atoms with Crippen molar-refractivity contribution in [2.45, 2.75) is 50.3 Å². The summed E-state index contributed by atoms with van der Waals surface area (Å²) in [6.45, 7) is 7.53. The maximum atomic E-state index is 5.97. The highest BCUT2D eigenvalue weighted by molar-refractivity contribution is 4.79. The average Bonchev–Trinajstić information content (AvgIpc) is 3.64. The minimum absolute atomic E-state index is 0.156. The fourth-order valence-corrected chi connectivity index (χ4v) is 2.94. The first-order valence-corrected chi connectivity index (χ1v) is 11.7. The first kappa shape index (κ1) is 27.1. The predicted octanol–water partition coefficient (Wildman–Crippen LogP) is -1.47. The van der Waals surface area contributed by atoms with Gasteiger partial charge in [-0.2, -0.15) is 0 Å². The van der Waals surface area contributed by atoms with E-state index >= 15 is 0 Å². The molecule has 6 N–H and O–H groups in total. The summed E-state index contributed by atoms with van der Waals surface area (Å²) < 4.78 is 49.6. The molecule has 194 valence electrons. The van der Waals surface area contributed by atoms with Crippen LogP contribution in [0.1, 0.15) is 13.3 Å². The van der Waals surface area contributed by atoms with Gasteiger partial charge in [0.15, 0.2) is 0 Å². The van der Waals surface area contributed by atoms with E-state index in [1.807, 2.05) is 0 Å². The number of nitrogens with two attached hydrogens (primary N) is 3. The van der Waals surface area contributed by atoms with Gasteiger partial charge in [-0.15, -0.1) is 0 Å². The largest absolute Gasteiger partial charge is 0.377 e. The van der Waals surface area contributed by atoms with Crippen LogP contribution in [0.15, 0.2) is 0 Å². The van der Waals surface area contributed by atoms with Crippen molar-refractivity contribution in [2.24, 2.45) is 22.6 Å². The lowest BCUT2D eigenvalue weighted by Gasteiger charge is -2.33. The fraction of sp³-hybridized carbons (Fsp3) is 1.00. The second-order valence-electron chi connectivity index (χ2n) is 8.88. The summed E-state index contributed by atoms with van der Waals surface area (Å²) in [5, 5.41) is 0. The number of ether oxygens (including phenoxy) is 9. The molecule has 6 unspecified atom stereocenters. The molecule has 33 heavy (non-hydrogen) atoms. The van der Waals surface area contributed by atoms with E-state index in [-0.39, 0.29) is 38.1 Å². The van der Waals surface area contributed by atoms with Crippen molar-refractivity contribution in [2.75, 3.05) is 79.3 Å². The highest BCUT2D eigenvalue weighted by atomic mass is 16.6. The lowest BCUT2D eigenvalue weighted by atomic mass is 9.88. The molecule has 0 saturated carbocycles. The lowest BCUT2D eigenvalue weighted by molar-refractivity contribution is -0.113. The van der Waals surface area contributed by atoms with Crippen molar-refractivity contribution in [1.82, 2.24) is 0 Å². The van der Waals surface area contributed by atoms with Gasteiger partial charge in [0.25, 0.3) is 0 Å². The third-order valence-corrected chi connectivity index (χ3v) is 5.52. The molecule has 0 amide bonds. The second kappa shape index (κ2) is 14.2. The third-order valence-electron chi connectivity index (χ3n) is 5.52. The van der Waals surface area contributed by atoms with Crippen molar-refractivity contribution in [1.29, 1.82) is 0 Å². The first-order valence-electron chi connectivity index (χ1n) is 11.7. The molecule has 3 aliphatic heterocycles. The smallest absolute Gasteiger partial charge is 0.129 e. The topological polar surface area (TPSA) is 171 Å². The highest BCUT2D eigenvalue weighted by Crippen LogP contribution is 2.24. The number of epoxide rings is 3. The van der Waals surface area contributed by atoms with Crippen molar-refractivity contribution in [3.05, 3.63) is 0 Å². The van der Waals surface area contributed by atoms with Crippen LogP contribution >= 0.6 is 0 Å². The summed E-state index contributed by atoms with van der Waals surface area (Å²) in [5.41, 5.74) is 17.5. The minimum atomic E-state index is -0.525. The summed E-state index contributed by atoms with van der Waals surface area (Å²) in [5.74, 6) is 0. The Bertz CT molecular complexity index is 466. The van der Waals surface area contributed by atoms with Gasteiger partial charge < -0.3 is 59.8 Å². The molecule has 0 aromatic rings. The van der Waals surface area contributed by atoms with E-state index in [0.717, 1.165) is 26.2 Å². The molecule has 12 heteroatoms. The Kier molecular flexibility index (Phi) is 11.6. The van der Waals surface area contributed by atoms with Crippen LogP contribution in [0.25, 0.3) is 0 Å². The average molecular weight is 480 g/mol. The molecule has 0 radical (unpaired) electrons. The standard InChI is InChI=1S/C21H41N3O9/c1-2-21(12-25-9-18(22)31-6-15-3-28-15,13-26-10-19(23)32-7-16-4-29-16)14-27-11-20(24)33-8-17-5-30-17/h15-20H,2-14,22-24H2,1H3. The van der Waals surface area contributed by atoms with E-state index in [9.17, 15) is 0 Å². The van der Waals surface area contributed by atoms with Crippen LogP contribution in [-0.4, -0.2) is 116 Å². The van der Waals surface area contributed by atoms with E-state index in [2.05, 4.69) is 6.92 Å². The Morgan fingerprint density at radius 1 is 0.667 bits per heavy atom. The summed E-state index contributed by atoms with van der Waals surface area (Å²) >= 11 is 0. The van der Waals surface area contributed by atoms with Gasteiger partial charge in [-0.25, -0.2) is 0 Å².